The first kappa shape index (κ1) is 22.9. The van der Waals surface area contributed by atoms with Crippen molar-refractivity contribution in [3.8, 4) is 5.69 Å². The number of alkyl halides is 3. The van der Waals surface area contributed by atoms with Crippen molar-refractivity contribution in [2.75, 3.05) is 26.2 Å². The number of benzene rings is 2. The lowest BCUT2D eigenvalue weighted by Gasteiger charge is -2.35. The van der Waals surface area contributed by atoms with Crippen LogP contribution in [-0.4, -0.2) is 67.5 Å². The van der Waals surface area contributed by atoms with E-state index in [0.717, 1.165) is 18.2 Å². The minimum Gasteiger partial charge on any atom is -0.335 e. The molecule has 1 aliphatic rings. The van der Waals surface area contributed by atoms with Gasteiger partial charge in [-0.3, -0.25) is 19.7 Å². The Morgan fingerprint density at radius 2 is 1.62 bits per heavy atom. The summed E-state index contributed by atoms with van der Waals surface area (Å²) in [6, 6.07) is 8.48. The third-order valence-electron chi connectivity index (χ3n) is 5.40. The molecule has 4 rings (SSSR count). The van der Waals surface area contributed by atoms with E-state index in [-0.39, 0.29) is 43.1 Å². The van der Waals surface area contributed by atoms with Crippen molar-refractivity contribution in [2.24, 2.45) is 0 Å². The first-order chi connectivity index (χ1) is 16.2. The second-order valence-electron chi connectivity index (χ2n) is 7.43. The van der Waals surface area contributed by atoms with Crippen molar-refractivity contribution >= 4 is 17.5 Å². The van der Waals surface area contributed by atoms with Crippen LogP contribution < -0.4 is 0 Å². The summed E-state index contributed by atoms with van der Waals surface area (Å²) in [6.07, 6.45) is -2.16. The predicted octanol–water partition coefficient (Wildman–Crippen LogP) is 2.79. The molecule has 0 aliphatic carbocycles. The number of aromatic nitrogens is 3. The molecule has 176 valence electrons. The standard InChI is InChI=1S/C21H17F3N6O4/c22-21(23,24)16-4-2-1-3-15(16)20(32)28-9-7-27(8-10-28)19(31)14-5-6-17(18(11-14)30(33)34)29-13-25-12-26-29/h1-6,11-13H,7-10H2. The summed E-state index contributed by atoms with van der Waals surface area (Å²) >= 11 is 0. The maximum Gasteiger partial charge on any atom is 0.417 e. The fourth-order valence-electron chi connectivity index (χ4n) is 3.71. The van der Waals surface area contributed by atoms with Gasteiger partial charge < -0.3 is 9.80 Å². The van der Waals surface area contributed by atoms with Gasteiger partial charge in [-0.05, 0) is 24.3 Å². The number of nitro groups is 1. The molecule has 0 N–H and O–H groups in total. The summed E-state index contributed by atoms with van der Waals surface area (Å²) in [5.74, 6) is -1.26. The van der Waals surface area contributed by atoms with Crippen molar-refractivity contribution in [2.45, 2.75) is 6.18 Å². The van der Waals surface area contributed by atoms with Crippen LogP contribution in [-0.2, 0) is 6.18 Å². The van der Waals surface area contributed by atoms with Crippen molar-refractivity contribution in [1.82, 2.24) is 24.6 Å². The molecule has 1 saturated heterocycles. The molecule has 34 heavy (non-hydrogen) atoms. The number of nitrogens with zero attached hydrogens (tertiary/aromatic N) is 6. The predicted molar refractivity (Wildman–Crippen MR) is 111 cm³/mol. The van der Waals surface area contributed by atoms with Crippen molar-refractivity contribution in [3.05, 3.63) is 81.9 Å². The van der Waals surface area contributed by atoms with Gasteiger partial charge in [0.15, 0.2) is 0 Å². The molecule has 0 radical (unpaired) electrons. The molecule has 0 spiro atoms. The van der Waals surface area contributed by atoms with E-state index < -0.39 is 34.0 Å². The van der Waals surface area contributed by atoms with Crippen molar-refractivity contribution < 1.29 is 27.7 Å². The molecule has 0 saturated carbocycles. The van der Waals surface area contributed by atoms with Crippen molar-refractivity contribution in [3.63, 3.8) is 0 Å². The van der Waals surface area contributed by atoms with Crippen LogP contribution >= 0.6 is 0 Å². The fourth-order valence-corrected chi connectivity index (χ4v) is 3.71. The van der Waals surface area contributed by atoms with Gasteiger partial charge in [0.2, 0.25) is 0 Å². The van der Waals surface area contributed by atoms with E-state index in [1.165, 1.54) is 51.4 Å². The number of hydrogen-bond acceptors (Lipinski definition) is 6. The number of rotatable bonds is 4. The van der Waals surface area contributed by atoms with E-state index in [1.807, 2.05) is 0 Å². The topological polar surface area (TPSA) is 114 Å². The minimum atomic E-state index is -4.67. The van der Waals surface area contributed by atoms with E-state index in [4.69, 9.17) is 0 Å². The fraction of sp³-hybridized carbons (Fsp3) is 0.238. The van der Waals surface area contributed by atoms with E-state index in [0.29, 0.717) is 0 Å². The first-order valence-electron chi connectivity index (χ1n) is 10.0. The van der Waals surface area contributed by atoms with Gasteiger partial charge in [0.05, 0.1) is 16.1 Å². The average Bonchev–Trinajstić information content (AvgIpc) is 3.37. The minimum absolute atomic E-state index is 0.0237. The van der Waals surface area contributed by atoms with E-state index in [9.17, 15) is 32.9 Å². The second-order valence-corrected chi connectivity index (χ2v) is 7.43. The van der Waals surface area contributed by atoms with Gasteiger partial charge in [-0.1, -0.05) is 12.1 Å². The zero-order chi connectivity index (χ0) is 24.5. The molecule has 1 fully saturated rings. The number of carbonyl (C=O) groups is 2. The average molecular weight is 474 g/mol. The van der Waals surface area contributed by atoms with Gasteiger partial charge in [0.25, 0.3) is 17.5 Å². The lowest BCUT2D eigenvalue weighted by molar-refractivity contribution is -0.384. The Morgan fingerprint density at radius 3 is 2.21 bits per heavy atom. The lowest BCUT2D eigenvalue weighted by atomic mass is 10.1. The molecule has 1 aliphatic heterocycles. The van der Waals surface area contributed by atoms with Gasteiger partial charge in [0, 0.05) is 37.8 Å². The first-order valence-corrected chi connectivity index (χ1v) is 10.0. The molecule has 0 unspecified atom stereocenters. The van der Waals surface area contributed by atoms with E-state index >= 15 is 0 Å². The van der Waals surface area contributed by atoms with Crippen LogP contribution in [0.4, 0.5) is 18.9 Å². The Balaban J connectivity index is 1.48. The maximum atomic E-state index is 13.3. The molecular weight excluding hydrogens is 457 g/mol. The van der Waals surface area contributed by atoms with Gasteiger partial charge in [-0.25, -0.2) is 9.67 Å². The van der Waals surface area contributed by atoms with Crippen LogP contribution in [0.3, 0.4) is 0 Å². The van der Waals surface area contributed by atoms with E-state index in [2.05, 4.69) is 10.1 Å². The summed E-state index contributed by atoms with van der Waals surface area (Å²) in [7, 11) is 0. The highest BCUT2D eigenvalue weighted by Crippen LogP contribution is 2.32. The summed E-state index contributed by atoms with van der Waals surface area (Å²) in [4.78, 5) is 42.9. The molecule has 2 amide bonds. The molecule has 1 aromatic heterocycles. The zero-order valence-corrected chi connectivity index (χ0v) is 17.5. The third kappa shape index (κ3) is 4.44. The summed E-state index contributed by atoms with van der Waals surface area (Å²) < 4.78 is 41.0. The third-order valence-corrected chi connectivity index (χ3v) is 5.40. The smallest absolute Gasteiger partial charge is 0.335 e. The van der Waals surface area contributed by atoms with Crippen molar-refractivity contribution in [1.29, 1.82) is 0 Å². The van der Waals surface area contributed by atoms with Crippen LogP contribution in [0.5, 0.6) is 0 Å². The highest BCUT2D eigenvalue weighted by atomic mass is 19.4. The molecule has 2 aromatic carbocycles. The summed E-state index contributed by atoms with van der Waals surface area (Å²) in [6.45, 7) is 0.181. The summed E-state index contributed by atoms with van der Waals surface area (Å²) in [5.41, 5.74) is -1.60. The Kier molecular flexibility index (Phi) is 6.01. The second kappa shape index (κ2) is 8.92. The van der Waals surface area contributed by atoms with Gasteiger partial charge in [0.1, 0.15) is 18.3 Å². The largest absolute Gasteiger partial charge is 0.417 e. The Labute approximate surface area is 190 Å². The molecule has 10 nitrogen and oxygen atoms in total. The Hall–Kier alpha value is -4.29. The van der Waals surface area contributed by atoms with E-state index in [1.54, 1.807) is 0 Å². The molecular formula is C21H17F3N6O4. The molecule has 3 aromatic rings. The van der Waals surface area contributed by atoms with Crippen LogP contribution in [0.2, 0.25) is 0 Å². The number of hydrogen-bond donors (Lipinski definition) is 0. The number of nitro benzene ring substituents is 1. The van der Waals surface area contributed by atoms with Gasteiger partial charge in [-0.2, -0.15) is 18.3 Å². The Bertz CT molecular complexity index is 1240. The highest BCUT2D eigenvalue weighted by Gasteiger charge is 2.36. The molecule has 0 bridgehead atoms. The number of piperazine rings is 1. The van der Waals surface area contributed by atoms with Crippen LogP contribution in [0.15, 0.2) is 55.1 Å². The number of carbonyl (C=O) groups excluding carboxylic acids is 2. The lowest BCUT2D eigenvalue weighted by Crippen LogP contribution is -2.50. The highest BCUT2D eigenvalue weighted by molar-refractivity contribution is 5.97. The van der Waals surface area contributed by atoms with Crippen LogP contribution in [0.25, 0.3) is 5.69 Å². The zero-order valence-electron chi connectivity index (χ0n) is 17.5. The van der Waals surface area contributed by atoms with Gasteiger partial charge >= 0.3 is 6.18 Å². The number of halogens is 3. The monoisotopic (exact) mass is 474 g/mol. The molecule has 0 atom stereocenters. The maximum absolute atomic E-state index is 13.3. The SMILES string of the molecule is O=C(c1ccc(-n2cncn2)c([N+](=O)[O-])c1)N1CCN(C(=O)c2ccccc2C(F)(F)F)CC1. The van der Waals surface area contributed by atoms with Gasteiger partial charge in [-0.15, -0.1) is 0 Å². The van der Waals surface area contributed by atoms with Crippen LogP contribution in [0, 0.1) is 10.1 Å². The van der Waals surface area contributed by atoms with Crippen LogP contribution in [0.1, 0.15) is 26.3 Å². The quantitative estimate of drug-likeness (QED) is 0.424. The Morgan fingerprint density at radius 1 is 0.971 bits per heavy atom. The normalized spacial score (nSPS) is 14.2. The number of amides is 2. The molecule has 2 heterocycles. The molecule has 13 heteroatoms. The summed E-state index contributed by atoms with van der Waals surface area (Å²) in [5, 5.41) is 15.4.